The van der Waals surface area contributed by atoms with E-state index in [-0.39, 0.29) is 6.10 Å². The second-order valence-corrected chi connectivity index (χ2v) is 7.60. The van der Waals surface area contributed by atoms with Gasteiger partial charge in [0.2, 0.25) is 5.88 Å². The minimum absolute atomic E-state index is 0.187. The molecule has 8 heteroatoms. The van der Waals surface area contributed by atoms with Crippen LogP contribution in [0.1, 0.15) is 25.7 Å². The summed E-state index contributed by atoms with van der Waals surface area (Å²) < 4.78 is 13.6. The van der Waals surface area contributed by atoms with Crippen molar-refractivity contribution >= 4 is 16.7 Å². The maximum Gasteiger partial charge on any atom is 0.228 e. The van der Waals surface area contributed by atoms with Gasteiger partial charge in [0.05, 0.1) is 18.0 Å². The van der Waals surface area contributed by atoms with E-state index in [4.69, 9.17) is 9.47 Å². The molecule has 1 atom stereocenters. The molecule has 2 aliphatic rings. The van der Waals surface area contributed by atoms with E-state index in [0.29, 0.717) is 12.0 Å². The lowest BCUT2D eigenvalue weighted by atomic mass is 10.1. The van der Waals surface area contributed by atoms with Crippen LogP contribution in [0.2, 0.25) is 0 Å². The van der Waals surface area contributed by atoms with E-state index < -0.39 is 0 Å². The zero-order chi connectivity index (χ0) is 19.5. The Bertz CT molecular complexity index is 945. The minimum atomic E-state index is 0.187. The monoisotopic (exact) mass is 394 g/mol. The van der Waals surface area contributed by atoms with Gasteiger partial charge in [-0.25, -0.2) is 14.6 Å². The Morgan fingerprint density at radius 3 is 2.79 bits per heavy atom. The average molecular weight is 394 g/mol. The molecule has 8 nitrogen and oxygen atoms in total. The van der Waals surface area contributed by atoms with Crippen LogP contribution in [0.5, 0.6) is 5.88 Å². The van der Waals surface area contributed by atoms with Gasteiger partial charge < -0.3 is 20.1 Å². The molecule has 0 radical (unpaired) electrons. The highest BCUT2D eigenvalue weighted by atomic mass is 16.5. The van der Waals surface area contributed by atoms with E-state index in [0.717, 1.165) is 74.3 Å². The highest BCUT2D eigenvalue weighted by Gasteiger charge is 2.19. The van der Waals surface area contributed by atoms with Crippen molar-refractivity contribution in [3.63, 3.8) is 0 Å². The number of hydrogen-bond donors (Lipinski definition) is 2. The Morgan fingerprint density at radius 2 is 2.00 bits per heavy atom. The fraction of sp³-hybridized carbons (Fsp3) is 0.476. The van der Waals surface area contributed by atoms with Crippen LogP contribution in [0.4, 0.5) is 5.69 Å². The molecule has 152 valence electrons. The molecule has 1 unspecified atom stereocenters. The first kappa shape index (κ1) is 18.3. The van der Waals surface area contributed by atoms with E-state index >= 15 is 0 Å². The first-order valence-corrected chi connectivity index (χ1v) is 10.4. The summed E-state index contributed by atoms with van der Waals surface area (Å²) >= 11 is 0. The second-order valence-electron chi connectivity index (χ2n) is 7.60. The molecule has 4 heterocycles. The van der Waals surface area contributed by atoms with Crippen molar-refractivity contribution in [3.05, 3.63) is 36.8 Å². The van der Waals surface area contributed by atoms with Crippen LogP contribution >= 0.6 is 0 Å². The molecule has 2 saturated heterocycles. The number of anilines is 1. The molecule has 0 saturated carbocycles. The summed E-state index contributed by atoms with van der Waals surface area (Å²) in [5.41, 5.74) is 2.78. The summed E-state index contributed by atoms with van der Waals surface area (Å²) in [7, 11) is 0. The highest BCUT2D eigenvalue weighted by Crippen LogP contribution is 2.26. The fourth-order valence-corrected chi connectivity index (χ4v) is 3.93. The Kier molecular flexibility index (Phi) is 5.27. The summed E-state index contributed by atoms with van der Waals surface area (Å²) in [6.07, 6.45) is 8.10. The summed E-state index contributed by atoms with van der Waals surface area (Å²) in [6, 6.07) is 8.20. The zero-order valence-electron chi connectivity index (χ0n) is 16.4. The molecular formula is C21H26N6O2. The molecule has 5 rings (SSSR count). The number of ether oxygens (including phenoxy) is 2. The molecular weight excluding hydrogens is 368 g/mol. The third-order valence-electron chi connectivity index (χ3n) is 5.56. The third-order valence-corrected chi connectivity index (χ3v) is 5.56. The summed E-state index contributed by atoms with van der Waals surface area (Å²) in [6.45, 7) is 3.67. The number of aromatic nitrogens is 4. The molecule has 2 N–H and O–H groups in total. The number of fused-ring (bicyclic) bond motifs is 1. The SMILES string of the molecule is c1nc(OC2CCNCC2)c2cnn(-c3ccc(NCC4CCCO4)cc3)c2n1. The lowest BCUT2D eigenvalue weighted by molar-refractivity contribution is 0.120. The number of hydrogen-bond acceptors (Lipinski definition) is 7. The molecule has 29 heavy (non-hydrogen) atoms. The first-order chi connectivity index (χ1) is 14.4. The smallest absolute Gasteiger partial charge is 0.228 e. The largest absolute Gasteiger partial charge is 0.474 e. The molecule has 1 aromatic carbocycles. The Labute approximate surface area is 169 Å². The number of nitrogens with zero attached hydrogens (tertiary/aromatic N) is 4. The number of rotatable bonds is 6. The van der Waals surface area contributed by atoms with Crippen LogP contribution in [0.3, 0.4) is 0 Å². The summed E-state index contributed by atoms with van der Waals surface area (Å²) in [5.74, 6) is 0.614. The second kappa shape index (κ2) is 8.34. The van der Waals surface area contributed by atoms with Crippen LogP contribution in [-0.4, -0.2) is 58.2 Å². The molecule has 0 aliphatic carbocycles. The highest BCUT2D eigenvalue weighted by molar-refractivity contribution is 5.81. The van der Waals surface area contributed by atoms with Crippen molar-refractivity contribution in [3.8, 4) is 11.6 Å². The lowest BCUT2D eigenvalue weighted by Crippen LogP contribution is -2.34. The normalized spacial score (nSPS) is 20.2. The quantitative estimate of drug-likeness (QED) is 0.664. The molecule has 3 aromatic rings. The van der Waals surface area contributed by atoms with Gasteiger partial charge in [-0.1, -0.05) is 0 Å². The van der Waals surface area contributed by atoms with Gasteiger partial charge in [-0.3, -0.25) is 0 Å². The van der Waals surface area contributed by atoms with Crippen molar-refractivity contribution in [2.45, 2.75) is 37.9 Å². The molecule has 2 fully saturated rings. The van der Waals surface area contributed by atoms with E-state index in [2.05, 4.69) is 37.8 Å². The molecule has 2 aromatic heterocycles. The van der Waals surface area contributed by atoms with Gasteiger partial charge in [0.15, 0.2) is 5.65 Å². The van der Waals surface area contributed by atoms with Crippen molar-refractivity contribution in [1.82, 2.24) is 25.1 Å². The average Bonchev–Trinajstić information content (AvgIpc) is 3.44. The van der Waals surface area contributed by atoms with Crippen molar-refractivity contribution in [1.29, 1.82) is 0 Å². The van der Waals surface area contributed by atoms with Crippen LogP contribution < -0.4 is 15.4 Å². The fourth-order valence-electron chi connectivity index (χ4n) is 3.93. The van der Waals surface area contributed by atoms with E-state index in [9.17, 15) is 0 Å². The predicted molar refractivity (Wildman–Crippen MR) is 111 cm³/mol. The van der Waals surface area contributed by atoms with Crippen LogP contribution in [0, 0.1) is 0 Å². The van der Waals surface area contributed by atoms with Gasteiger partial charge >= 0.3 is 0 Å². The summed E-state index contributed by atoms with van der Waals surface area (Å²) in [4.78, 5) is 8.80. The molecule has 0 spiro atoms. The van der Waals surface area contributed by atoms with Gasteiger partial charge in [0.1, 0.15) is 17.8 Å². The standard InChI is InChI=1S/C21H26N6O2/c1-2-18(28-11-1)12-23-15-3-5-16(6-4-15)27-20-19(13-26-27)21(25-14-24-20)29-17-7-9-22-10-8-17/h3-6,13-14,17-18,22-23H,1-2,7-12H2. The van der Waals surface area contributed by atoms with Crippen molar-refractivity contribution in [2.75, 3.05) is 31.6 Å². The molecule has 0 bridgehead atoms. The first-order valence-electron chi connectivity index (χ1n) is 10.4. The molecule has 0 amide bonds. The number of nitrogens with one attached hydrogen (secondary N) is 2. The van der Waals surface area contributed by atoms with Gasteiger partial charge in [-0.15, -0.1) is 0 Å². The number of piperidine rings is 1. The third kappa shape index (κ3) is 4.04. The van der Waals surface area contributed by atoms with Crippen LogP contribution in [0.15, 0.2) is 36.8 Å². The van der Waals surface area contributed by atoms with Crippen molar-refractivity contribution in [2.24, 2.45) is 0 Å². The van der Waals surface area contributed by atoms with Crippen LogP contribution in [0.25, 0.3) is 16.7 Å². The van der Waals surface area contributed by atoms with Crippen molar-refractivity contribution < 1.29 is 9.47 Å². The Hall–Kier alpha value is -2.71. The van der Waals surface area contributed by atoms with Crippen LogP contribution in [-0.2, 0) is 4.74 Å². The zero-order valence-corrected chi connectivity index (χ0v) is 16.4. The minimum Gasteiger partial charge on any atom is -0.474 e. The van der Waals surface area contributed by atoms with E-state index in [1.807, 2.05) is 16.8 Å². The molecule has 2 aliphatic heterocycles. The Balaban J connectivity index is 1.32. The van der Waals surface area contributed by atoms with Gasteiger partial charge in [-0.2, -0.15) is 5.10 Å². The van der Waals surface area contributed by atoms with Gasteiger partial charge in [0, 0.05) is 18.8 Å². The Morgan fingerprint density at radius 1 is 1.14 bits per heavy atom. The lowest BCUT2D eigenvalue weighted by Gasteiger charge is -2.23. The summed E-state index contributed by atoms with van der Waals surface area (Å²) in [5, 5.41) is 12.2. The topological polar surface area (TPSA) is 86.1 Å². The number of benzene rings is 1. The maximum atomic E-state index is 6.15. The van der Waals surface area contributed by atoms with Gasteiger partial charge in [0.25, 0.3) is 0 Å². The maximum absolute atomic E-state index is 6.15. The van der Waals surface area contributed by atoms with E-state index in [1.54, 1.807) is 12.5 Å². The van der Waals surface area contributed by atoms with E-state index in [1.165, 1.54) is 0 Å². The van der Waals surface area contributed by atoms with Gasteiger partial charge in [-0.05, 0) is 63.0 Å². The predicted octanol–water partition coefficient (Wildman–Crippen LogP) is 2.54.